The Morgan fingerprint density at radius 3 is 2.35 bits per heavy atom. The Balaban J connectivity index is 2.09. The molecule has 0 bridgehead atoms. The summed E-state index contributed by atoms with van der Waals surface area (Å²) in [5.74, 6) is -0.667. The highest BCUT2D eigenvalue weighted by Gasteiger charge is 2.50. The summed E-state index contributed by atoms with van der Waals surface area (Å²) in [7, 11) is 0. The molecular weight excluding hydrogens is 356 g/mol. The smallest absolute Gasteiger partial charge is 0.256 e. The fraction of sp³-hybridized carbons (Fsp3) is 0.222. The number of halogens is 1. The number of benzene rings is 2. The average Bonchev–Trinajstić information content (AvgIpc) is 3.01. The second-order valence-electron chi connectivity index (χ2n) is 5.63. The minimum atomic E-state index is -1.08. The highest BCUT2D eigenvalue weighted by molar-refractivity contribution is 9.10. The van der Waals surface area contributed by atoms with Gasteiger partial charge in [0.15, 0.2) is 0 Å². The predicted octanol–water partition coefficient (Wildman–Crippen LogP) is 3.07. The van der Waals surface area contributed by atoms with Gasteiger partial charge in [0.05, 0.1) is 5.56 Å². The van der Waals surface area contributed by atoms with Crippen LogP contribution in [0.1, 0.15) is 28.8 Å². The third-order valence-electron chi connectivity index (χ3n) is 4.39. The van der Waals surface area contributed by atoms with Crippen molar-refractivity contribution in [3.63, 3.8) is 0 Å². The van der Waals surface area contributed by atoms with Gasteiger partial charge in [-0.2, -0.15) is 0 Å². The maximum atomic E-state index is 13.0. The quantitative estimate of drug-likeness (QED) is 0.899. The summed E-state index contributed by atoms with van der Waals surface area (Å²) < 4.78 is 0.711. The summed E-state index contributed by atoms with van der Waals surface area (Å²) in [5.41, 5.74) is 6.00. The van der Waals surface area contributed by atoms with E-state index in [0.29, 0.717) is 23.0 Å². The Hall–Kier alpha value is -2.14. The van der Waals surface area contributed by atoms with Gasteiger partial charge in [0.25, 0.3) is 5.91 Å². The molecule has 2 amide bonds. The van der Waals surface area contributed by atoms with E-state index in [1.807, 2.05) is 48.5 Å². The maximum absolute atomic E-state index is 13.0. The second kappa shape index (κ2) is 6.16. The van der Waals surface area contributed by atoms with Crippen LogP contribution in [0.2, 0.25) is 0 Å². The van der Waals surface area contributed by atoms with E-state index in [0.717, 1.165) is 12.0 Å². The van der Waals surface area contributed by atoms with Gasteiger partial charge in [-0.15, -0.1) is 0 Å². The summed E-state index contributed by atoms with van der Waals surface area (Å²) in [6.45, 7) is 0.512. The van der Waals surface area contributed by atoms with E-state index >= 15 is 0 Å². The molecule has 118 valence electrons. The van der Waals surface area contributed by atoms with E-state index in [1.54, 1.807) is 11.0 Å². The number of carbonyl (C=O) groups excluding carboxylic acids is 2. The Bertz CT molecular complexity index is 748. The van der Waals surface area contributed by atoms with Crippen molar-refractivity contribution >= 4 is 27.7 Å². The van der Waals surface area contributed by atoms with Gasteiger partial charge < -0.3 is 10.6 Å². The summed E-state index contributed by atoms with van der Waals surface area (Å²) in [6.07, 6.45) is 1.29. The van der Waals surface area contributed by atoms with E-state index in [4.69, 9.17) is 5.73 Å². The number of nitrogens with zero attached hydrogens (tertiary/aromatic N) is 1. The molecule has 5 heteroatoms. The number of amides is 2. The molecule has 3 rings (SSSR count). The van der Waals surface area contributed by atoms with Crippen molar-refractivity contribution in [2.24, 2.45) is 5.73 Å². The first kappa shape index (κ1) is 15.7. The van der Waals surface area contributed by atoms with Crippen molar-refractivity contribution in [2.45, 2.75) is 18.4 Å². The van der Waals surface area contributed by atoms with Gasteiger partial charge in [-0.3, -0.25) is 9.59 Å². The van der Waals surface area contributed by atoms with Gasteiger partial charge >= 0.3 is 0 Å². The van der Waals surface area contributed by atoms with E-state index in [-0.39, 0.29) is 5.91 Å². The molecule has 0 unspecified atom stereocenters. The molecule has 0 spiro atoms. The van der Waals surface area contributed by atoms with Crippen molar-refractivity contribution in [1.82, 2.24) is 4.90 Å². The lowest BCUT2D eigenvalue weighted by molar-refractivity contribution is -0.128. The lowest BCUT2D eigenvalue weighted by Crippen LogP contribution is -2.53. The lowest BCUT2D eigenvalue weighted by Gasteiger charge is -2.36. The molecule has 1 fully saturated rings. The molecule has 1 heterocycles. The van der Waals surface area contributed by atoms with Crippen LogP contribution in [0.3, 0.4) is 0 Å². The molecule has 2 N–H and O–H groups in total. The molecule has 1 atom stereocenters. The molecule has 0 saturated carbocycles. The first-order chi connectivity index (χ1) is 11.1. The number of likely N-dealkylation sites (tertiary alicyclic amines) is 1. The van der Waals surface area contributed by atoms with Crippen molar-refractivity contribution in [2.75, 3.05) is 6.54 Å². The second-order valence-corrected chi connectivity index (χ2v) is 6.49. The molecule has 0 aliphatic carbocycles. The molecule has 1 aliphatic heterocycles. The summed E-state index contributed by atoms with van der Waals surface area (Å²) in [5, 5.41) is 0. The van der Waals surface area contributed by atoms with Crippen molar-refractivity contribution in [3.05, 3.63) is 70.2 Å². The number of hydrogen-bond acceptors (Lipinski definition) is 2. The molecule has 1 aliphatic rings. The zero-order chi connectivity index (χ0) is 16.4. The zero-order valence-electron chi connectivity index (χ0n) is 12.5. The SMILES string of the molecule is NC(=O)[C@]1(c2ccccc2)CCCN1C(=O)c1ccccc1Br. The summed E-state index contributed by atoms with van der Waals surface area (Å²) in [6, 6.07) is 16.5. The topological polar surface area (TPSA) is 63.4 Å². The van der Waals surface area contributed by atoms with Crippen LogP contribution in [-0.2, 0) is 10.3 Å². The van der Waals surface area contributed by atoms with Crippen molar-refractivity contribution < 1.29 is 9.59 Å². The molecule has 23 heavy (non-hydrogen) atoms. The van der Waals surface area contributed by atoms with Crippen LogP contribution >= 0.6 is 15.9 Å². The van der Waals surface area contributed by atoms with Gasteiger partial charge in [0.1, 0.15) is 5.54 Å². The molecule has 2 aromatic rings. The maximum Gasteiger partial charge on any atom is 0.256 e. The Morgan fingerprint density at radius 1 is 1.04 bits per heavy atom. The van der Waals surface area contributed by atoms with E-state index in [2.05, 4.69) is 15.9 Å². The predicted molar refractivity (Wildman–Crippen MR) is 91.7 cm³/mol. The fourth-order valence-corrected chi connectivity index (χ4v) is 3.74. The number of hydrogen-bond donors (Lipinski definition) is 1. The molecule has 0 aromatic heterocycles. The Morgan fingerprint density at radius 2 is 1.70 bits per heavy atom. The van der Waals surface area contributed by atoms with Gasteiger partial charge in [-0.05, 0) is 46.5 Å². The van der Waals surface area contributed by atoms with Crippen molar-refractivity contribution in [3.8, 4) is 0 Å². The van der Waals surface area contributed by atoms with Crippen LogP contribution in [0.15, 0.2) is 59.1 Å². The van der Waals surface area contributed by atoms with Gasteiger partial charge in [0, 0.05) is 11.0 Å². The third kappa shape index (κ3) is 2.55. The number of nitrogens with two attached hydrogens (primary N) is 1. The summed E-state index contributed by atoms with van der Waals surface area (Å²) >= 11 is 3.41. The van der Waals surface area contributed by atoms with E-state index < -0.39 is 11.4 Å². The third-order valence-corrected chi connectivity index (χ3v) is 5.08. The lowest BCUT2D eigenvalue weighted by atomic mass is 9.86. The molecule has 0 radical (unpaired) electrons. The van der Waals surface area contributed by atoms with Crippen LogP contribution in [0.5, 0.6) is 0 Å². The monoisotopic (exact) mass is 372 g/mol. The first-order valence-corrected chi connectivity index (χ1v) is 8.28. The fourth-order valence-electron chi connectivity index (χ4n) is 3.29. The minimum Gasteiger partial charge on any atom is -0.367 e. The standard InChI is InChI=1S/C18H17BrN2O2/c19-15-10-5-4-9-14(15)16(22)21-12-6-11-18(21,17(20)23)13-7-2-1-3-8-13/h1-5,7-10H,6,11-12H2,(H2,20,23)/t18-/m1/s1. The van der Waals surface area contributed by atoms with Gasteiger partial charge in [-0.25, -0.2) is 0 Å². The molecule has 1 saturated heterocycles. The number of carbonyl (C=O) groups is 2. The number of primary amides is 1. The van der Waals surface area contributed by atoms with E-state index in [9.17, 15) is 9.59 Å². The van der Waals surface area contributed by atoms with Crippen LogP contribution < -0.4 is 5.73 Å². The largest absolute Gasteiger partial charge is 0.367 e. The highest BCUT2D eigenvalue weighted by Crippen LogP contribution is 2.40. The molecular formula is C18H17BrN2O2. The van der Waals surface area contributed by atoms with Gasteiger partial charge in [0.2, 0.25) is 5.91 Å². The number of rotatable bonds is 3. The summed E-state index contributed by atoms with van der Waals surface area (Å²) in [4.78, 5) is 27.0. The van der Waals surface area contributed by atoms with Crippen molar-refractivity contribution in [1.29, 1.82) is 0 Å². The normalized spacial score (nSPS) is 20.5. The molecule has 4 nitrogen and oxygen atoms in total. The van der Waals surface area contributed by atoms with Crippen LogP contribution in [0, 0.1) is 0 Å². The minimum absolute atomic E-state index is 0.183. The van der Waals surface area contributed by atoms with E-state index in [1.165, 1.54) is 0 Å². The zero-order valence-corrected chi connectivity index (χ0v) is 14.1. The molecule has 2 aromatic carbocycles. The van der Waals surface area contributed by atoms with Crippen LogP contribution in [-0.4, -0.2) is 23.3 Å². The Kier molecular flexibility index (Phi) is 4.22. The van der Waals surface area contributed by atoms with Gasteiger partial charge in [-0.1, -0.05) is 42.5 Å². The Labute approximate surface area is 143 Å². The average molecular weight is 373 g/mol. The van der Waals surface area contributed by atoms with Crippen LogP contribution in [0.25, 0.3) is 0 Å². The van der Waals surface area contributed by atoms with Crippen LogP contribution in [0.4, 0.5) is 0 Å². The highest BCUT2D eigenvalue weighted by atomic mass is 79.9. The first-order valence-electron chi connectivity index (χ1n) is 7.49.